The second-order valence-electron chi connectivity index (χ2n) is 9.11. The molecular weight excluding hydrogens is 416 g/mol. The van der Waals surface area contributed by atoms with Crippen LogP contribution in [-0.4, -0.2) is 22.8 Å². The molecule has 0 aliphatic heterocycles. The summed E-state index contributed by atoms with van der Waals surface area (Å²) in [4.78, 5) is 27.0. The van der Waals surface area contributed by atoms with Gasteiger partial charge >= 0.3 is 0 Å². The highest BCUT2D eigenvalue weighted by Crippen LogP contribution is 2.47. The molecule has 6 nitrogen and oxygen atoms in total. The molecule has 3 aromatic rings. The van der Waals surface area contributed by atoms with Gasteiger partial charge in [0.2, 0.25) is 5.91 Å². The van der Waals surface area contributed by atoms with E-state index in [1.807, 2.05) is 48.5 Å². The van der Waals surface area contributed by atoms with Crippen LogP contribution in [0.15, 0.2) is 69.7 Å². The Kier molecular flexibility index (Phi) is 5.90. The van der Waals surface area contributed by atoms with Crippen LogP contribution in [0.5, 0.6) is 0 Å². The molecule has 2 aliphatic carbocycles. The summed E-state index contributed by atoms with van der Waals surface area (Å²) >= 11 is 0. The quantitative estimate of drug-likeness (QED) is 0.464. The molecule has 0 saturated heterocycles. The summed E-state index contributed by atoms with van der Waals surface area (Å²) in [6, 6.07) is 15.3. The predicted octanol–water partition coefficient (Wildman–Crippen LogP) is 5.13. The van der Waals surface area contributed by atoms with Crippen molar-refractivity contribution in [3.8, 4) is 0 Å². The molecular formula is C27H28N2O4. The lowest BCUT2D eigenvalue weighted by atomic mass is 10.1. The van der Waals surface area contributed by atoms with Crippen molar-refractivity contribution >= 4 is 17.9 Å². The minimum Gasteiger partial charge on any atom is -0.467 e. The molecule has 2 aliphatic rings. The van der Waals surface area contributed by atoms with Crippen molar-refractivity contribution in [1.82, 2.24) is 10.2 Å². The zero-order valence-corrected chi connectivity index (χ0v) is 18.7. The standard InChI is InChI=1S/C27H28N2O4/c1-18-15-24(18)25-12-10-22(33-25)11-13-26(30)29(17-23-3-2-14-32-23)16-19-4-6-20(7-5-19)27(31)28-21-8-9-21/h2-7,10-14,18,21,24H,8-9,15-17H2,1H3,(H,28,31). The number of amides is 2. The molecule has 6 heteroatoms. The van der Waals surface area contributed by atoms with Gasteiger partial charge in [-0.3, -0.25) is 9.59 Å². The fourth-order valence-electron chi connectivity index (χ4n) is 3.92. The van der Waals surface area contributed by atoms with Crippen LogP contribution in [0.3, 0.4) is 0 Å². The third-order valence-electron chi connectivity index (χ3n) is 6.25. The van der Waals surface area contributed by atoms with Crippen LogP contribution in [0, 0.1) is 5.92 Å². The number of hydrogen-bond donors (Lipinski definition) is 1. The second-order valence-corrected chi connectivity index (χ2v) is 9.11. The van der Waals surface area contributed by atoms with Crippen LogP contribution in [0.25, 0.3) is 6.08 Å². The maximum Gasteiger partial charge on any atom is 0.251 e. The van der Waals surface area contributed by atoms with Crippen molar-refractivity contribution < 1.29 is 18.4 Å². The maximum atomic E-state index is 13.0. The summed E-state index contributed by atoms with van der Waals surface area (Å²) in [7, 11) is 0. The zero-order chi connectivity index (χ0) is 22.8. The van der Waals surface area contributed by atoms with Gasteiger partial charge in [0.05, 0.1) is 12.8 Å². The lowest BCUT2D eigenvalue weighted by Crippen LogP contribution is -2.28. The Balaban J connectivity index is 1.26. The van der Waals surface area contributed by atoms with Gasteiger partial charge < -0.3 is 19.1 Å². The number of benzene rings is 1. The van der Waals surface area contributed by atoms with Crippen LogP contribution in [0.1, 0.15) is 65.3 Å². The minimum absolute atomic E-state index is 0.0473. The fourth-order valence-corrected chi connectivity index (χ4v) is 3.92. The molecule has 2 saturated carbocycles. The van der Waals surface area contributed by atoms with Crippen LogP contribution >= 0.6 is 0 Å². The van der Waals surface area contributed by atoms with Gasteiger partial charge in [-0.05, 0) is 73.2 Å². The second kappa shape index (κ2) is 9.14. The summed E-state index contributed by atoms with van der Waals surface area (Å²) in [5.41, 5.74) is 1.57. The van der Waals surface area contributed by atoms with E-state index in [0.29, 0.717) is 48.1 Å². The highest BCUT2D eigenvalue weighted by atomic mass is 16.3. The van der Waals surface area contributed by atoms with Crippen LogP contribution in [0.4, 0.5) is 0 Å². The molecule has 5 rings (SSSR count). The van der Waals surface area contributed by atoms with Crippen molar-refractivity contribution in [2.45, 2.75) is 51.2 Å². The number of nitrogens with zero attached hydrogens (tertiary/aromatic N) is 1. The first kappa shape index (κ1) is 21.3. The number of carbonyl (C=O) groups is 2. The SMILES string of the molecule is CC1CC1c1ccc(C=CC(=O)N(Cc2ccc(C(=O)NC3CC3)cc2)Cc2ccco2)o1. The van der Waals surface area contributed by atoms with Crippen LogP contribution in [-0.2, 0) is 17.9 Å². The summed E-state index contributed by atoms with van der Waals surface area (Å²) in [6.07, 6.45) is 8.14. The van der Waals surface area contributed by atoms with Gasteiger partial charge in [0.25, 0.3) is 5.91 Å². The molecule has 2 fully saturated rings. The fraction of sp³-hybridized carbons (Fsp3) is 0.333. The monoisotopic (exact) mass is 444 g/mol. The van der Waals surface area contributed by atoms with Gasteiger partial charge in [-0.2, -0.15) is 0 Å². The molecule has 0 radical (unpaired) electrons. The van der Waals surface area contributed by atoms with Gasteiger partial charge in [-0.15, -0.1) is 0 Å². The normalized spacial score (nSPS) is 19.5. The van der Waals surface area contributed by atoms with Crippen LogP contribution in [0.2, 0.25) is 0 Å². The van der Waals surface area contributed by atoms with E-state index in [1.54, 1.807) is 23.3 Å². The van der Waals surface area contributed by atoms with E-state index in [2.05, 4.69) is 12.2 Å². The molecule has 0 bridgehead atoms. The predicted molar refractivity (Wildman–Crippen MR) is 124 cm³/mol. The van der Waals surface area contributed by atoms with E-state index in [0.717, 1.165) is 30.6 Å². The first-order valence-corrected chi connectivity index (χ1v) is 11.5. The Morgan fingerprint density at radius 2 is 1.88 bits per heavy atom. The van der Waals surface area contributed by atoms with Crippen molar-refractivity contribution in [3.05, 3.63) is 89.3 Å². The number of rotatable bonds is 9. The smallest absolute Gasteiger partial charge is 0.251 e. The van der Waals surface area contributed by atoms with Gasteiger partial charge in [-0.1, -0.05) is 19.1 Å². The summed E-state index contributed by atoms with van der Waals surface area (Å²) in [6.45, 7) is 2.96. The topological polar surface area (TPSA) is 75.7 Å². The third kappa shape index (κ3) is 5.45. The van der Waals surface area contributed by atoms with E-state index in [-0.39, 0.29) is 11.8 Å². The van der Waals surface area contributed by atoms with Crippen molar-refractivity contribution in [2.75, 3.05) is 0 Å². The Hall–Kier alpha value is -3.54. The molecule has 2 aromatic heterocycles. The van der Waals surface area contributed by atoms with Gasteiger partial charge in [0.1, 0.15) is 17.3 Å². The zero-order valence-electron chi connectivity index (χ0n) is 18.7. The van der Waals surface area contributed by atoms with E-state index in [9.17, 15) is 9.59 Å². The average Bonchev–Trinajstić information content (AvgIpc) is 3.64. The minimum atomic E-state index is -0.139. The third-order valence-corrected chi connectivity index (χ3v) is 6.25. The van der Waals surface area contributed by atoms with E-state index < -0.39 is 0 Å². The number of nitrogens with one attached hydrogen (secondary N) is 1. The largest absolute Gasteiger partial charge is 0.467 e. The van der Waals surface area contributed by atoms with Gasteiger partial charge in [-0.25, -0.2) is 0 Å². The molecule has 33 heavy (non-hydrogen) atoms. The highest BCUT2D eigenvalue weighted by Gasteiger charge is 2.36. The van der Waals surface area contributed by atoms with Crippen molar-refractivity contribution in [1.29, 1.82) is 0 Å². The molecule has 2 amide bonds. The lowest BCUT2D eigenvalue weighted by Gasteiger charge is -2.20. The van der Waals surface area contributed by atoms with Gasteiger partial charge in [0.15, 0.2) is 0 Å². The Morgan fingerprint density at radius 1 is 1.09 bits per heavy atom. The van der Waals surface area contributed by atoms with Crippen molar-refractivity contribution in [3.63, 3.8) is 0 Å². The molecule has 2 atom stereocenters. The highest BCUT2D eigenvalue weighted by molar-refractivity contribution is 5.94. The molecule has 170 valence electrons. The van der Waals surface area contributed by atoms with E-state index >= 15 is 0 Å². The lowest BCUT2D eigenvalue weighted by molar-refractivity contribution is -0.127. The number of hydrogen-bond acceptors (Lipinski definition) is 4. The summed E-state index contributed by atoms with van der Waals surface area (Å²) in [5.74, 6) is 3.38. The molecule has 1 aromatic carbocycles. The average molecular weight is 445 g/mol. The Bertz CT molecular complexity index is 1140. The molecule has 1 N–H and O–H groups in total. The first-order chi connectivity index (χ1) is 16.0. The molecule has 2 unspecified atom stereocenters. The van der Waals surface area contributed by atoms with Crippen molar-refractivity contribution in [2.24, 2.45) is 5.92 Å². The van der Waals surface area contributed by atoms with Crippen LogP contribution < -0.4 is 5.32 Å². The molecule has 0 spiro atoms. The Labute approximate surface area is 193 Å². The summed E-state index contributed by atoms with van der Waals surface area (Å²) < 4.78 is 11.4. The van der Waals surface area contributed by atoms with E-state index in [1.165, 1.54) is 0 Å². The number of furan rings is 2. The first-order valence-electron chi connectivity index (χ1n) is 11.5. The molecule has 2 heterocycles. The maximum absolute atomic E-state index is 13.0. The summed E-state index contributed by atoms with van der Waals surface area (Å²) in [5, 5.41) is 2.99. The Morgan fingerprint density at radius 3 is 2.55 bits per heavy atom. The van der Waals surface area contributed by atoms with E-state index in [4.69, 9.17) is 8.83 Å². The number of carbonyl (C=O) groups excluding carboxylic acids is 2. The van der Waals surface area contributed by atoms with Gasteiger partial charge in [0, 0.05) is 30.1 Å².